The molecule has 0 radical (unpaired) electrons. The van der Waals surface area contributed by atoms with Crippen LogP contribution in [0.3, 0.4) is 0 Å². The number of carbonyl (C=O) groups excluding carboxylic acids is 1. The van der Waals surface area contributed by atoms with Gasteiger partial charge in [0, 0.05) is 26.6 Å². The van der Waals surface area contributed by atoms with Crippen LogP contribution in [0.15, 0.2) is 42.5 Å². The van der Waals surface area contributed by atoms with Gasteiger partial charge in [-0.3, -0.25) is 4.79 Å². The van der Waals surface area contributed by atoms with Gasteiger partial charge in [0.05, 0.1) is 0 Å². The number of benzene rings is 2. The van der Waals surface area contributed by atoms with Crippen molar-refractivity contribution in [2.24, 2.45) is 0 Å². The first-order chi connectivity index (χ1) is 11.1. The Kier molecular flexibility index (Phi) is 6.11. The molecule has 2 rings (SSSR count). The van der Waals surface area contributed by atoms with E-state index in [1.54, 1.807) is 0 Å². The van der Waals surface area contributed by atoms with Gasteiger partial charge in [-0.25, -0.2) is 4.79 Å². The van der Waals surface area contributed by atoms with E-state index in [9.17, 15) is 9.59 Å². The van der Waals surface area contributed by atoms with E-state index >= 15 is 0 Å². The highest BCUT2D eigenvalue weighted by molar-refractivity contribution is 5.84. The average molecular weight is 315 g/mol. The Morgan fingerprint density at radius 2 is 1.91 bits per heavy atom. The summed E-state index contributed by atoms with van der Waals surface area (Å²) in [5, 5.41) is 13.9. The highest BCUT2D eigenvalue weighted by Gasteiger charge is 2.19. The van der Waals surface area contributed by atoms with Crippen molar-refractivity contribution in [1.82, 2.24) is 5.32 Å². The maximum Gasteiger partial charge on any atom is 0.326 e. The number of hydrogen-bond donors (Lipinski definition) is 2. The third-order valence-corrected chi connectivity index (χ3v) is 3.70. The van der Waals surface area contributed by atoms with Gasteiger partial charge in [-0.15, -0.1) is 0 Å². The van der Waals surface area contributed by atoms with Crippen molar-refractivity contribution in [3.05, 3.63) is 48.0 Å². The molecule has 1 atom stereocenters. The van der Waals surface area contributed by atoms with Gasteiger partial charge in [-0.05, 0) is 22.8 Å². The summed E-state index contributed by atoms with van der Waals surface area (Å²) in [6.45, 7) is 0.294. The lowest BCUT2D eigenvalue weighted by Gasteiger charge is -2.14. The van der Waals surface area contributed by atoms with Crippen LogP contribution in [0.25, 0.3) is 10.8 Å². The van der Waals surface area contributed by atoms with E-state index in [2.05, 4.69) is 11.4 Å². The Morgan fingerprint density at radius 3 is 2.61 bits per heavy atom. The number of hydrogen-bond acceptors (Lipinski definition) is 3. The molecule has 1 amide bonds. The van der Waals surface area contributed by atoms with Gasteiger partial charge in [0.2, 0.25) is 5.91 Å². The molecule has 2 aromatic rings. The summed E-state index contributed by atoms with van der Waals surface area (Å²) >= 11 is 0. The highest BCUT2D eigenvalue weighted by Crippen LogP contribution is 2.16. The number of carboxylic acids is 1. The van der Waals surface area contributed by atoms with Crippen LogP contribution in [-0.4, -0.2) is 36.7 Å². The van der Waals surface area contributed by atoms with E-state index < -0.39 is 12.0 Å². The van der Waals surface area contributed by atoms with Gasteiger partial charge in [-0.2, -0.15) is 0 Å². The Hall–Kier alpha value is -2.40. The molecule has 0 aromatic heterocycles. The van der Waals surface area contributed by atoms with Crippen molar-refractivity contribution in [3.63, 3.8) is 0 Å². The monoisotopic (exact) mass is 315 g/mol. The summed E-state index contributed by atoms with van der Waals surface area (Å²) in [6.07, 6.45) is 1.09. The number of aliphatic carboxylic acids is 1. The molecule has 0 fully saturated rings. The van der Waals surface area contributed by atoms with Crippen molar-refractivity contribution in [2.75, 3.05) is 13.7 Å². The van der Waals surface area contributed by atoms with Crippen molar-refractivity contribution in [1.29, 1.82) is 0 Å². The zero-order chi connectivity index (χ0) is 16.7. The topological polar surface area (TPSA) is 75.6 Å². The average Bonchev–Trinajstić information content (AvgIpc) is 2.56. The lowest BCUT2D eigenvalue weighted by molar-refractivity contribution is -0.142. The minimum absolute atomic E-state index is 0.257. The Bertz CT molecular complexity index is 684. The molecule has 122 valence electrons. The van der Waals surface area contributed by atoms with Crippen LogP contribution < -0.4 is 5.32 Å². The molecule has 5 nitrogen and oxygen atoms in total. The fraction of sp³-hybridized carbons (Fsp3) is 0.333. The third-order valence-electron chi connectivity index (χ3n) is 3.70. The lowest BCUT2D eigenvalue weighted by atomic mass is 10.0. The summed E-state index contributed by atoms with van der Waals surface area (Å²) in [5.41, 5.74) is 1.06. The summed E-state index contributed by atoms with van der Waals surface area (Å²) < 4.78 is 4.86. The van der Waals surface area contributed by atoms with E-state index in [1.807, 2.05) is 36.4 Å². The molecular formula is C18H21NO4. The zero-order valence-electron chi connectivity index (χ0n) is 13.1. The SMILES string of the molecule is COCCC(NC(=O)CCc1ccc2ccccc2c1)C(=O)O. The molecule has 0 heterocycles. The quantitative estimate of drug-likeness (QED) is 0.784. The summed E-state index contributed by atoms with van der Waals surface area (Å²) in [6, 6.07) is 13.2. The second-order valence-corrected chi connectivity index (χ2v) is 5.42. The maximum absolute atomic E-state index is 11.9. The summed E-state index contributed by atoms with van der Waals surface area (Å²) in [4.78, 5) is 23.0. The predicted molar refractivity (Wildman–Crippen MR) is 88.3 cm³/mol. The van der Waals surface area contributed by atoms with Gasteiger partial charge in [0.1, 0.15) is 6.04 Å². The van der Waals surface area contributed by atoms with E-state index in [1.165, 1.54) is 7.11 Å². The second kappa shape index (κ2) is 8.29. The van der Waals surface area contributed by atoms with Crippen molar-refractivity contribution in [2.45, 2.75) is 25.3 Å². The molecule has 0 saturated heterocycles. The first-order valence-electron chi connectivity index (χ1n) is 7.59. The lowest BCUT2D eigenvalue weighted by Crippen LogP contribution is -2.41. The zero-order valence-corrected chi connectivity index (χ0v) is 13.1. The van der Waals surface area contributed by atoms with Crippen LogP contribution in [0.5, 0.6) is 0 Å². The molecule has 0 bridgehead atoms. The predicted octanol–water partition coefficient (Wildman–Crippen LogP) is 2.38. The number of fused-ring (bicyclic) bond motifs is 1. The van der Waals surface area contributed by atoms with Crippen LogP contribution in [0.2, 0.25) is 0 Å². The van der Waals surface area contributed by atoms with Crippen LogP contribution in [0.1, 0.15) is 18.4 Å². The molecule has 0 spiro atoms. The van der Waals surface area contributed by atoms with Gasteiger partial charge in [0.15, 0.2) is 0 Å². The Morgan fingerprint density at radius 1 is 1.17 bits per heavy atom. The molecular weight excluding hydrogens is 294 g/mol. The van der Waals surface area contributed by atoms with Crippen molar-refractivity contribution < 1.29 is 19.4 Å². The molecule has 0 aliphatic heterocycles. The number of nitrogens with one attached hydrogen (secondary N) is 1. The molecule has 0 aliphatic rings. The third kappa shape index (κ3) is 5.07. The molecule has 1 unspecified atom stereocenters. The van der Waals surface area contributed by atoms with Crippen molar-refractivity contribution in [3.8, 4) is 0 Å². The molecule has 0 aliphatic carbocycles. The summed E-state index contributed by atoms with van der Waals surface area (Å²) in [7, 11) is 1.50. The normalized spacial score (nSPS) is 12.0. The second-order valence-electron chi connectivity index (χ2n) is 5.42. The van der Waals surface area contributed by atoms with Gasteiger partial charge < -0.3 is 15.2 Å². The van der Waals surface area contributed by atoms with Gasteiger partial charge in [-0.1, -0.05) is 42.5 Å². The minimum atomic E-state index is -1.04. The number of carbonyl (C=O) groups is 2. The first kappa shape index (κ1) is 17.0. The number of carboxylic acid groups (broad SMARTS) is 1. The van der Waals surface area contributed by atoms with E-state index in [0.29, 0.717) is 13.0 Å². The largest absolute Gasteiger partial charge is 0.480 e. The van der Waals surface area contributed by atoms with E-state index in [4.69, 9.17) is 9.84 Å². The first-order valence-corrected chi connectivity index (χ1v) is 7.59. The molecule has 2 aromatic carbocycles. The Labute approximate surface area is 135 Å². The van der Waals surface area contributed by atoms with Crippen LogP contribution in [0, 0.1) is 0 Å². The maximum atomic E-state index is 11.9. The molecule has 2 N–H and O–H groups in total. The van der Waals surface area contributed by atoms with Crippen molar-refractivity contribution >= 4 is 22.6 Å². The molecule has 23 heavy (non-hydrogen) atoms. The number of ether oxygens (including phenoxy) is 1. The fourth-order valence-electron chi connectivity index (χ4n) is 2.41. The fourth-order valence-corrected chi connectivity index (χ4v) is 2.41. The number of rotatable bonds is 8. The smallest absolute Gasteiger partial charge is 0.326 e. The summed E-state index contributed by atoms with van der Waals surface area (Å²) in [5.74, 6) is -1.30. The van der Waals surface area contributed by atoms with Gasteiger partial charge in [0.25, 0.3) is 0 Å². The van der Waals surface area contributed by atoms with E-state index in [-0.39, 0.29) is 18.7 Å². The minimum Gasteiger partial charge on any atom is -0.480 e. The highest BCUT2D eigenvalue weighted by atomic mass is 16.5. The molecule has 5 heteroatoms. The molecule has 0 saturated carbocycles. The number of amides is 1. The number of methoxy groups -OCH3 is 1. The van der Waals surface area contributed by atoms with Crippen LogP contribution in [-0.2, 0) is 20.7 Å². The number of aryl methyl sites for hydroxylation is 1. The van der Waals surface area contributed by atoms with Crippen LogP contribution in [0.4, 0.5) is 0 Å². The standard InChI is InChI=1S/C18H21NO4/c1-23-11-10-16(18(21)22)19-17(20)9-7-13-6-8-14-4-2-3-5-15(14)12-13/h2-6,8,12,16H,7,9-11H2,1H3,(H,19,20)(H,21,22). The van der Waals surface area contributed by atoms with E-state index in [0.717, 1.165) is 16.3 Å². The van der Waals surface area contributed by atoms with Gasteiger partial charge >= 0.3 is 5.97 Å². The van der Waals surface area contributed by atoms with Crippen LogP contribution >= 0.6 is 0 Å². The Balaban J connectivity index is 1.90.